The van der Waals surface area contributed by atoms with E-state index < -0.39 is 5.54 Å². The van der Waals surface area contributed by atoms with E-state index in [1.165, 1.54) is 0 Å². The minimum Gasteiger partial charge on any atom is -0.444 e. The van der Waals surface area contributed by atoms with Gasteiger partial charge in [0.15, 0.2) is 0 Å². The van der Waals surface area contributed by atoms with Crippen molar-refractivity contribution >= 4 is 5.91 Å². The maximum Gasteiger partial charge on any atom is 0.240 e. The summed E-state index contributed by atoms with van der Waals surface area (Å²) < 4.78 is 5.38. The van der Waals surface area contributed by atoms with Crippen LogP contribution in [-0.2, 0) is 17.8 Å². The van der Waals surface area contributed by atoms with Gasteiger partial charge in [-0.05, 0) is 19.3 Å². The molecule has 1 fully saturated rings. The fourth-order valence-corrected chi connectivity index (χ4v) is 1.71. The van der Waals surface area contributed by atoms with Crippen molar-refractivity contribution in [3.63, 3.8) is 0 Å². The van der Waals surface area contributed by atoms with E-state index in [0.29, 0.717) is 12.4 Å². The number of amides is 1. The van der Waals surface area contributed by atoms with E-state index in [1.54, 1.807) is 6.20 Å². The SMILES string of the molecule is CCc1cnc(CNC(=O)C2(N)CCC2)o1. The second-order valence-corrected chi connectivity index (χ2v) is 4.27. The number of carbonyl (C=O) groups excluding carboxylic acids is 1. The molecule has 3 N–H and O–H groups in total. The van der Waals surface area contributed by atoms with Gasteiger partial charge in [0.2, 0.25) is 11.8 Å². The molecule has 1 saturated carbocycles. The maximum absolute atomic E-state index is 11.7. The molecule has 0 aliphatic heterocycles. The molecule has 0 bridgehead atoms. The lowest BCUT2D eigenvalue weighted by molar-refractivity contribution is -0.129. The molecule has 1 amide bonds. The first kappa shape index (κ1) is 11.1. The average molecular weight is 223 g/mol. The number of aryl methyl sites for hydroxylation is 1. The van der Waals surface area contributed by atoms with E-state index in [4.69, 9.17) is 10.2 Å². The molecule has 1 aliphatic carbocycles. The lowest BCUT2D eigenvalue weighted by Gasteiger charge is -2.35. The van der Waals surface area contributed by atoms with Crippen LogP contribution in [0.4, 0.5) is 0 Å². The number of hydrogen-bond acceptors (Lipinski definition) is 4. The molecule has 88 valence electrons. The first-order valence-electron chi connectivity index (χ1n) is 5.65. The van der Waals surface area contributed by atoms with Crippen LogP contribution in [0.25, 0.3) is 0 Å². The molecular formula is C11H17N3O2. The van der Waals surface area contributed by atoms with Crippen LogP contribution in [0.15, 0.2) is 10.6 Å². The number of oxazole rings is 1. The largest absolute Gasteiger partial charge is 0.444 e. The second kappa shape index (κ2) is 4.25. The van der Waals surface area contributed by atoms with Gasteiger partial charge in [0.05, 0.1) is 18.3 Å². The highest BCUT2D eigenvalue weighted by molar-refractivity contribution is 5.86. The Hall–Kier alpha value is -1.36. The molecule has 5 nitrogen and oxygen atoms in total. The number of nitrogens with one attached hydrogen (secondary N) is 1. The van der Waals surface area contributed by atoms with Gasteiger partial charge in [-0.2, -0.15) is 0 Å². The van der Waals surface area contributed by atoms with Crippen LogP contribution in [0, 0.1) is 0 Å². The predicted molar refractivity (Wildman–Crippen MR) is 58.5 cm³/mol. The fraction of sp³-hybridized carbons (Fsp3) is 0.636. The third-order valence-corrected chi connectivity index (χ3v) is 3.05. The van der Waals surface area contributed by atoms with Gasteiger partial charge in [-0.3, -0.25) is 4.79 Å². The first-order valence-corrected chi connectivity index (χ1v) is 5.65. The molecule has 0 saturated heterocycles. The maximum atomic E-state index is 11.7. The lowest BCUT2D eigenvalue weighted by Crippen LogP contribution is -2.58. The summed E-state index contributed by atoms with van der Waals surface area (Å²) in [6.07, 6.45) is 5.06. The smallest absolute Gasteiger partial charge is 0.240 e. The Kier molecular flexibility index (Phi) is 2.96. The minimum atomic E-state index is -0.653. The predicted octanol–water partition coefficient (Wildman–Crippen LogP) is 0.735. The molecule has 16 heavy (non-hydrogen) atoms. The van der Waals surface area contributed by atoms with Gasteiger partial charge in [0.1, 0.15) is 5.76 Å². The van der Waals surface area contributed by atoms with Crippen molar-refractivity contribution in [2.24, 2.45) is 5.73 Å². The lowest BCUT2D eigenvalue weighted by atomic mass is 9.77. The van der Waals surface area contributed by atoms with Crippen LogP contribution in [0.2, 0.25) is 0 Å². The number of carbonyl (C=O) groups is 1. The molecule has 0 unspecified atom stereocenters. The molecule has 1 aromatic rings. The van der Waals surface area contributed by atoms with Gasteiger partial charge in [-0.15, -0.1) is 0 Å². The van der Waals surface area contributed by atoms with Crippen molar-refractivity contribution in [1.82, 2.24) is 10.3 Å². The quantitative estimate of drug-likeness (QED) is 0.788. The molecule has 0 atom stereocenters. The summed E-state index contributed by atoms with van der Waals surface area (Å²) in [6, 6.07) is 0. The van der Waals surface area contributed by atoms with Crippen LogP contribution >= 0.6 is 0 Å². The number of hydrogen-bond donors (Lipinski definition) is 2. The van der Waals surface area contributed by atoms with Crippen molar-refractivity contribution in [3.8, 4) is 0 Å². The highest BCUT2D eigenvalue weighted by Crippen LogP contribution is 2.29. The Balaban J connectivity index is 1.85. The summed E-state index contributed by atoms with van der Waals surface area (Å²) in [5.74, 6) is 1.26. The Labute approximate surface area is 94.4 Å². The van der Waals surface area contributed by atoms with Gasteiger partial charge >= 0.3 is 0 Å². The third-order valence-electron chi connectivity index (χ3n) is 3.05. The van der Waals surface area contributed by atoms with E-state index in [1.807, 2.05) is 6.92 Å². The van der Waals surface area contributed by atoms with Crippen molar-refractivity contribution in [3.05, 3.63) is 17.8 Å². The standard InChI is InChI=1S/C11H17N3O2/c1-2-8-6-13-9(16-8)7-14-10(15)11(12)4-3-5-11/h6H,2-5,7,12H2,1H3,(H,14,15). The van der Waals surface area contributed by atoms with E-state index in [-0.39, 0.29) is 5.91 Å². The number of nitrogens with two attached hydrogens (primary N) is 1. The molecule has 1 aromatic heterocycles. The minimum absolute atomic E-state index is 0.102. The average Bonchev–Trinajstić information content (AvgIpc) is 2.70. The van der Waals surface area contributed by atoms with Gasteiger partial charge in [-0.25, -0.2) is 4.98 Å². The number of rotatable bonds is 4. The number of aromatic nitrogens is 1. The van der Waals surface area contributed by atoms with Crippen LogP contribution < -0.4 is 11.1 Å². The molecule has 2 rings (SSSR count). The summed E-state index contributed by atoms with van der Waals surface area (Å²) in [4.78, 5) is 15.8. The normalized spacial score (nSPS) is 17.9. The zero-order chi connectivity index (χ0) is 11.6. The molecule has 0 spiro atoms. The summed E-state index contributed by atoms with van der Waals surface area (Å²) in [5, 5.41) is 2.76. The Morgan fingerprint density at radius 1 is 1.69 bits per heavy atom. The van der Waals surface area contributed by atoms with Gasteiger partial charge in [0, 0.05) is 6.42 Å². The third kappa shape index (κ3) is 2.09. The molecule has 1 aliphatic rings. The van der Waals surface area contributed by atoms with E-state index in [9.17, 15) is 4.79 Å². The van der Waals surface area contributed by atoms with Crippen molar-refractivity contribution in [2.75, 3.05) is 0 Å². The highest BCUT2D eigenvalue weighted by atomic mass is 16.4. The Morgan fingerprint density at radius 3 is 2.94 bits per heavy atom. The van der Waals surface area contributed by atoms with Crippen LogP contribution in [-0.4, -0.2) is 16.4 Å². The van der Waals surface area contributed by atoms with Crippen LogP contribution in [0.1, 0.15) is 37.8 Å². The molecule has 0 aromatic carbocycles. The van der Waals surface area contributed by atoms with E-state index in [0.717, 1.165) is 31.4 Å². The molecule has 5 heteroatoms. The second-order valence-electron chi connectivity index (χ2n) is 4.27. The zero-order valence-corrected chi connectivity index (χ0v) is 9.45. The summed E-state index contributed by atoms with van der Waals surface area (Å²) in [6.45, 7) is 2.31. The Morgan fingerprint density at radius 2 is 2.44 bits per heavy atom. The summed E-state index contributed by atoms with van der Waals surface area (Å²) in [7, 11) is 0. The molecular weight excluding hydrogens is 206 g/mol. The van der Waals surface area contributed by atoms with Crippen LogP contribution in [0.5, 0.6) is 0 Å². The van der Waals surface area contributed by atoms with Crippen molar-refractivity contribution in [2.45, 2.75) is 44.7 Å². The monoisotopic (exact) mass is 223 g/mol. The van der Waals surface area contributed by atoms with Crippen molar-refractivity contribution in [1.29, 1.82) is 0 Å². The summed E-state index contributed by atoms with van der Waals surface area (Å²) in [5.41, 5.74) is 5.23. The van der Waals surface area contributed by atoms with Crippen molar-refractivity contribution < 1.29 is 9.21 Å². The van der Waals surface area contributed by atoms with Crippen LogP contribution in [0.3, 0.4) is 0 Å². The molecule has 0 radical (unpaired) electrons. The fourth-order valence-electron chi connectivity index (χ4n) is 1.71. The van der Waals surface area contributed by atoms with E-state index in [2.05, 4.69) is 10.3 Å². The topological polar surface area (TPSA) is 81.2 Å². The highest BCUT2D eigenvalue weighted by Gasteiger charge is 2.39. The number of nitrogens with zero attached hydrogens (tertiary/aromatic N) is 1. The summed E-state index contributed by atoms with van der Waals surface area (Å²) >= 11 is 0. The van der Waals surface area contributed by atoms with Gasteiger partial charge < -0.3 is 15.5 Å². The zero-order valence-electron chi connectivity index (χ0n) is 9.45. The van der Waals surface area contributed by atoms with Gasteiger partial charge in [0.25, 0.3) is 0 Å². The van der Waals surface area contributed by atoms with Gasteiger partial charge in [-0.1, -0.05) is 6.92 Å². The first-order chi connectivity index (χ1) is 7.64. The Bertz CT molecular complexity index is 382. The molecule has 1 heterocycles. The van der Waals surface area contributed by atoms with E-state index >= 15 is 0 Å².